The summed E-state index contributed by atoms with van der Waals surface area (Å²) in [5, 5.41) is 17.6. The van der Waals surface area contributed by atoms with E-state index in [1.165, 1.54) is 5.56 Å². The Bertz CT molecular complexity index is 755. The minimum absolute atomic E-state index is 0.0878. The van der Waals surface area contributed by atoms with Crippen molar-refractivity contribution in [3.8, 4) is 0 Å². The second-order valence-corrected chi connectivity index (χ2v) is 8.73. The molecule has 0 aromatic heterocycles. The van der Waals surface area contributed by atoms with E-state index < -0.39 is 6.10 Å². The first-order valence-electron chi connectivity index (χ1n) is 10.8. The van der Waals surface area contributed by atoms with Gasteiger partial charge >= 0.3 is 0 Å². The highest BCUT2D eigenvalue weighted by molar-refractivity contribution is 5.79. The van der Waals surface area contributed by atoms with E-state index in [9.17, 15) is 9.90 Å². The Morgan fingerprint density at radius 3 is 2.24 bits per heavy atom. The number of hydrogen-bond donors (Lipinski definition) is 3. The van der Waals surface area contributed by atoms with Crippen LogP contribution < -0.4 is 10.6 Å². The van der Waals surface area contributed by atoms with Crippen LogP contribution in [0.2, 0.25) is 0 Å². The van der Waals surface area contributed by atoms with Crippen molar-refractivity contribution in [1.82, 2.24) is 10.6 Å². The highest BCUT2D eigenvalue weighted by atomic mass is 16.3. The molecule has 0 aliphatic heterocycles. The summed E-state index contributed by atoms with van der Waals surface area (Å²) in [4.78, 5) is 12.7. The monoisotopic (exact) mass is 394 g/mol. The maximum absolute atomic E-state index is 12.7. The van der Waals surface area contributed by atoms with Crippen LogP contribution in [0.1, 0.15) is 50.7 Å². The minimum atomic E-state index is -0.677. The van der Waals surface area contributed by atoms with Gasteiger partial charge in [0.25, 0.3) is 0 Å². The number of rotatable bonds is 9. The quantitative estimate of drug-likeness (QED) is 0.606. The first-order valence-corrected chi connectivity index (χ1v) is 10.8. The molecule has 0 radical (unpaired) electrons. The molecule has 1 amide bonds. The maximum atomic E-state index is 12.7. The molecule has 1 saturated carbocycles. The predicted octanol–water partition coefficient (Wildman–Crippen LogP) is 3.79. The Hall–Kier alpha value is -2.17. The molecule has 3 rings (SSSR count). The first-order chi connectivity index (χ1) is 14.0. The van der Waals surface area contributed by atoms with E-state index in [1.54, 1.807) is 0 Å². The highest BCUT2D eigenvalue weighted by Gasteiger charge is 2.29. The lowest BCUT2D eigenvalue weighted by atomic mass is 9.93. The normalized spacial score (nSPS) is 17.1. The van der Waals surface area contributed by atoms with Gasteiger partial charge in [-0.25, -0.2) is 0 Å². The van der Waals surface area contributed by atoms with Crippen LogP contribution in [-0.2, 0) is 16.8 Å². The minimum Gasteiger partial charge on any atom is -0.390 e. The summed E-state index contributed by atoms with van der Waals surface area (Å²) in [5.41, 5.74) is 2.02. The number of carbonyl (C=O) groups excluding carboxylic acids is 1. The number of nitrogens with one attached hydrogen (secondary N) is 2. The number of aliphatic hydroxyl groups excluding tert-OH is 1. The third-order valence-corrected chi connectivity index (χ3v) is 6.07. The molecule has 1 fully saturated rings. The van der Waals surface area contributed by atoms with E-state index in [1.807, 2.05) is 48.5 Å². The first kappa shape index (κ1) is 21.5. The zero-order valence-corrected chi connectivity index (χ0v) is 17.6. The van der Waals surface area contributed by atoms with E-state index in [0.29, 0.717) is 13.0 Å². The van der Waals surface area contributed by atoms with Gasteiger partial charge in [-0.05, 0) is 44.2 Å². The van der Waals surface area contributed by atoms with Gasteiger partial charge in [-0.1, -0.05) is 73.5 Å². The lowest BCUT2D eigenvalue weighted by molar-refractivity contribution is -0.126. The van der Waals surface area contributed by atoms with Gasteiger partial charge in [0.05, 0.1) is 12.1 Å². The molecule has 0 saturated heterocycles. The summed E-state index contributed by atoms with van der Waals surface area (Å²) < 4.78 is 0. The molecule has 4 nitrogen and oxygen atoms in total. The summed E-state index contributed by atoms with van der Waals surface area (Å²) in [5.74, 6) is 0.180. The van der Waals surface area contributed by atoms with Gasteiger partial charge in [0.2, 0.25) is 5.91 Å². The molecule has 29 heavy (non-hydrogen) atoms. The molecule has 2 aromatic carbocycles. The van der Waals surface area contributed by atoms with E-state index in [4.69, 9.17) is 0 Å². The Morgan fingerprint density at radius 2 is 1.62 bits per heavy atom. The average molecular weight is 395 g/mol. The fourth-order valence-electron chi connectivity index (χ4n) is 4.10. The van der Waals surface area contributed by atoms with Gasteiger partial charge < -0.3 is 15.7 Å². The van der Waals surface area contributed by atoms with Crippen molar-refractivity contribution >= 4 is 5.91 Å². The van der Waals surface area contributed by atoms with Gasteiger partial charge in [-0.3, -0.25) is 4.79 Å². The van der Waals surface area contributed by atoms with E-state index in [0.717, 1.165) is 31.2 Å². The molecule has 0 bridgehead atoms. The van der Waals surface area contributed by atoms with E-state index in [2.05, 4.69) is 36.6 Å². The van der Waals surface area contributed by atoms with Gasteiger partial charge in [-0.2, -0.15) is 0 Å². The van der Waals surface area contributed by atoms with Crippen LogP contribution in [0.15, 0.2) is 60.7 Å². The topological polar surface area (TPSA) is 61.4 Å². The molecule has 0 heterocycles. The molecule has 2 aromatic rings. The van der Waals surface area contributed by atoms with Crippen LogP contribution >= 0.6 is 0 Å². The van der Waals surface area contributed by atoms with Crippen molar-refractivity contribution in [2.75, 3.05) is 6.54 Å². The van der Waals surface area contributed by atoms with E-state index >= 15 is 0 Å². The Morgan fingerprint density at radius 1 is 1.03 bits per heavy atom. The average Bonchev–Trinajstić information content (AvgIpc) is 3.28. The molecule has 0 spiro atoms. The predicted molar refractivity (Wildman–Crippen MR) is 118 cm³/mol. The molecular formula is C25H34N2O2. The summed E-state index contributed by atoms with van der Waals surface area (Å²) in [6.45, 7) is 4.63. The van der Waals surface area contributed by atoms with E-state index in [-0.39, 0.29) is 23.4 Å². The van der Waals surface area contributed by atoms with Crippen LogP contribution in [0.4, 0.5) is 0 Å². The fraction of sp³-hybridized carbons (Fsp3) is 0.480. The highest BCUT2D eigenvalue weighted by Crippen LogP contribution is 2.25. The molecule has 4 heteroatoms. The number of benzene rings is 2. The zero-order chi connectivity index (χ0) is 20.7. The van der Waals surface area contributed by atoms with Gasteiger partial charge in [0.1, 0.15) is 0 Å². The Balaban J connectivity index is 1.65. The Kier molecular flexibility index (Phi) is 7.45. The second-order valence-electron chi connectivity index (χ2n) is 8.73. The van der Waals surface area contributed by atoms with Crippen LogP contribution in [-0.4, -0.2) is 29.7 Å². The largest absolute Gasteiger partial charge is 0.390 e. The molecule has 2 atom stereocenters. The van der Waals surface area contributed by atoms with Crippen molar-refractivity contribution in [1.29, 1.82) is 0 Å². The summed E-state index contributed by atoms with van der Waals surface area (Å²) in [6, 6.07) is 20.0. The van der Waals surface area contributed by atoms with Gasteiger partial charge in [0.15, 0.2) is 0 Å². The maximum Gasteiger partial charge on any atom is 0.223 e. The zero-order valence-electron chi connectivity index (χ0n) is 17.6. The van der Waals surface area contributed by atoms with Gasteiger partial charge in [0, 0.05) is 18.0 Å². The summed E-state index contributed by atoms with van der Waals surface area (Å²) in [6.07, 6.45) is 4.10. The van der Waals surface area contributed by atoms with Crippen LogP contribution in [0.5, 0.6) is 0 Å². The molecule has 3 N–H and O–H groups in total. The van der Waals surface area contributed by atoms with Crippen molar-refractivity contribution in [3.05, 3.63) is 71.8 Å². The molecule has 156 valence electrons. The van der Waals surface area contributed by atoms with Crippen molar-refractivity contribution < 1.29 is 9.90 Å². The molecule has 1 aliphatic rings. The van der Waals surface area contributed by atoms with Crippen molar-refractivity contribution in [2.24, 2.45) is 5.92 Å². The molecular weight excluding hydrogens is 360 g/mol. The summed E-state index contributed by atoms with van der Waals surface area (Å²) in [7, 11) is 0. The fourth-order valence-corrected chi connectivity index (χ4v) is 4.10. The molecule has 0 unspecified atom stereocenters. The second kappa shape index (κ2) is 10.0. The lowest BCUT2D eigenvalue weighted by Crippen LogP contribution is -2.52. The number of carbonyl (C=O) groups is 1. The van der Waals surface area contributed by atoms with Crippen molar-refractivity contribution in [3.63, 3.8) is 0 Å². The van der Waals surface area contributed by atoms with Gasteiger partial charge in [-0.15, -0.1) is 0 Å². The SMILES string of the molecule is CC(C)(NC[C@@H](O)[C@H](Cc1ccccc1)NC(=O)C1CCCC1)c1ccccc1. The number of aliphatic hydroxyl groups is 1. The number of hydrogen-bond acceptors (Lipinski definition) is 3. The lowest BCUT2D eigenvalue weighted by Gasteiger charge is -2.31. The third-order valence-electron chi connectivity index (χ3n) is 6.07. The number of amides is 1. The van der Waals surface area contributed by atoms with Crippen LogP contribution in [0.3, 0.4) is 0 Å². The molecule has 1 aliphatic carbocycles. The Labute approximate surface area is 174 Å². The van der Waals surface area contributed by atoms with Crippen LogP contribution in [0.25, 0.3) is 0 Å². The van der Waals surface area contributed by atoms with Crippen molar-refractivity contribution in [2.45, 2.75) is 63.6 Å². The summed E-state index contributed by atoms with van der Waals surface area (Å²) >= 11 is 0. The standard InChI is InChI=1S/C25H34N2O2/c1-25(2,21-15-7-4-8-16-21)26-18-23(28)22(17-19-11-5-3-6-12-19)27-24(29)20-13-9-10-14-20/h3-8,11-12,15-16,20,22-23,26,28H,9-10,13-14,17-18H2,1-2H3,(H,27,29)/t22-,23+/m0/s1. The smallest absolute Gasteiger partial charge is 0.223 e. The third kappa shape index (κ3) is 6.15. The van der Waals surface area contributed by atoms with Crippen LogP contribution in [0, 0.1) is 5.92 Å².